The van der Waals surface area contributed by atoms with Crippen molar-refractivity contribution in [1.29, 1.82) is 0 Å². The predicted octanol–water partition coefficient (Wildman–Crippen LogP) is 4.05. The first-order valence-electron chi connectivity index (χ1n) is 7.67. The molecule has 3 unspecified atom stereocenters. The Kier molecular flexibility index (Phi) is 3.24. The molecule has 2 nitrogen and oxygen atoms in total. The highest BCUT2D eigenvalue weighted by Crippen LogP contribution is 2.56. The van der Waals surface area contributed by atoms with Crippen LogP contribution in [0.2, 0.25) is 0 Å². The molecule has 0 N–H and O–H groups in total. The van der Waals surface area contributed by atoms with Gasteiger partial charge in [0.05, 0.1) is 18.1 Å². The number of rotatable bonds is 3. The summed E-state index contributed by atoms with van der Waals surface area (Å²) in [6, 6.07) is 8.32. The number of carbonyl (C=O) groups is 1. The van der Waals surface area contributed by atoms with E-state index in [-0.39, 0.29) is 16.9 Å². The highest BCUT2D eigenvalue weighted by Gasteiger charge is 2.60. The first-order chi connectivity index (χ1) is 9.46. The van der Waals surface area contributed by atoms with E-state index >= 15 is 0 Å². The number of hydrogen-bond donors (Lipinski definition) is 0. The summed E-state index contributed by atoms with van der Waals surface area (Å²) in [7, 11) is 0. The fourth-order valence-electron chi connectivity index (χ4n) is 4.10. The average Bonchev–Trinajstić information content (AvgIpc) is 2.53. The van der Waals surface area contributed by atoms with Gasteiger partial charge in [-0.05, 0) is 37.3 Å². The number of Topliss-reactive ketones (excluding diaryl/α,β-unsaturated/α-hetero) is 1. The molecular formula is C18H24O2. The Bertz CT molecular complexity index is 536. The summed E-state index contributed by atoms with van der Waals surface area (Å²) in [6.07, 6.45) is 4.16. The van der Waals surface area contributed by atoms with Crippen molar-refractivity contribution in [2.45, 2.75) is 59.2 Å². The van der Waals surface area contributed by atoms with Crippen LogP contribution in [-0.4, -0.2) is 11.9 Å². The normalized spacial score (nSPS) is 36.4. The number of ketones is 1. The molecule has 0 amide bonds. The maximum atomic E-state index is 12.6. The Labute approximate surface area is 121 Å². The van der Waals surface area contributed by atoms with E-state index in [1.165, 1.54) is 11.1 Å². The maximum absolute atomic E-state index is 12.6. The van der Waals surface area contributed by atoms with Crippen molar-refractivity contribution in [2.75, 3.05) is 0 Å². The van der Waals surface area contributed by atoms with Gasteiger partial charge in [-0.1, -0.05) is 44.5 Å². The Morgan fingerprint density at radius 1 is 1.25 bits per heavy atom. The van der Waals surface area contributed by atoms with Crippen LogP contribution in [0.15, 0.2) is 24.3 Å². The van der Waals surface area contributed by atoms with Crippen LogP contribution in [0.3, 0.4) is 0 Å². The minimum Gasteiger partial charge on any atom is -0.372 e. The molecule has 20 heavy (non-hydrogen) atoms. The molecule has 1 aromatic carbocycles. The van der Waals surface area contributed by atoms with Crippen molar-refractivity contribution >= 4 is 5.78 Å². The largest absolute Gasteiger partial charge is 0.372 e. The molecule has 2 fully saturated rings. The number of ether oxygens (including phenoxy) is 1. The van der Waals surface area contributed by atoms with Gasteiger partial charge in [0.15, 0.2) is 0 Å². The van der Waals surface area contributed by atoms with E-state index < -0.39 is 0 Å². The van der Waals surface area contributed by atoms with E-state index in [1.807, 2.05) is 12.1 Å². The van der Waals surface area contributed by atoms with Crippen LogP contribution in [0.5, 0.6) is 0 Å². The van der Waals surface area contributed by atoms with Gasteiger partial charge in [-0.3, -0.25) is 4.79 Å². The molecule has 2 bridgehead atoms. The van der Waals surface area contributed by atoms with Gasteiger partial charge in [-0.15, -0.1) is 0 Å². The summed E-state index contributed by atoms with van der Waals surface area (Å²) < 4.78 is 6.20. The smallest absolute Gasteiger partial charge is 0.147 e. The molecule has 0 radical (unpaired) electrons. The average molecular weight is 272 g/mol. The lowest BCUT2D eigenvalue weighted by molar-refractivity contribution is -0.139. The highest BCUT2D eigenvalue weighted by molar-refractivity contribution is 5.93. The maximum Gasteiger partial charge on any atom is 0.147 e. The molecule has 3 atom stereocenters. The molecule has 2 aliphatic rings. The van der Waals surface area contributed by atoms with Crippen LogP contribution < -0.4 is 0 Å². The minimum absolute atomic E-state index is 0.0853. The van der Waals surface area contributed by atoms with E-state index in [0.717, 1.165) is 25.7 Å². The molecular weight excluding hydrogens is 248 g/mol. The van der Waals surface area contributed by atoms with E-state index in [1.54, 1.807) is 0 Å². The van der Waals surface area contributed by atoms with Crippen LogP contribution in [0.25, 0.3) is 0 Å². The molecule has 0 aromatic heterocycles. The zero-order valence-corrected chi connectivity index (χ0v) is 12.7. The number of aryl methyl sites for hydroxylation is 1. The first kappa shape index (κ1) is 13.8. The quantitative estimate of drug-likeness (QED) is 0.829. The lowest BCUT2D eigenvalue weighted by atomic mass is 9.69. The van der Waals surface area contributed by atoms with Gasteiger partial charge in [-0.2, -0.15) is 0 Å². The Balaban J connectivity index is 1.76. The van der Waals surface area contributed by atoms with Crippen molar-refractivity contribution in [3.63, 3.8) is 0 Å². The molecule has 0 aliphatic heterocycles. The van der Waals surface area contributed by atoms with Gasteiger partial charge in [-0.25, -0.2) is 0 Å². The first-order valence-corrected chi connectivity index (χ1v) is 7.67. The molecule has 2 aliphatic carbocycles. The second-order valence-electron chi connectivity index (χ2n) is 7.09. The van der Waals surface area contributed by atoms with Crippen LogP contribution in [-0.2, 0) is 16.1 Å². The fourth-order valence-corrected chi connectivity index (χ4v) is 4.10. The molecule has 0 spiro atoms. The zero-order chi connectivity index (χ0) is 14.4. The van der Waals surface area contributed by atoms with E-state index in [2.05, 4.69) is 32.9 Å². The number of fused-ring (bicyclic) bond motifs is 2. The second-order valence-corrected chi connectivity index (χ2v) is 7.09. The summed E-state index contributed by atoms with van der Waals surface area (Å²) in [5.74, 6) is 0.436. The molecule has 1 aromatic rings. The molecule has 3 rings (SSSR count). The van der Waals surface area contributed by atoms with Gasteiger partial charge in [0, 0.05) is 5.41 Å². The van der Waals surface area contributed by atoms with Gasteiger partial charge in [0.1, 0.15) is 5.78 Å². The van der Waals surface area contributed by atoms with Crippen molar-refractivity contribution in [3.05, 3.63) is 35.4 Å². The van der Waals surface area contributed by atoms with Crippen molar-refractivity contribution < 1.29 is 9.53 Å². The third-order valence-electron chi connectivity index (χ3n) is 5.54. The van der Waals surface area contributed by atoms with Crippen LogP contribution in [0.4, 0.5) is 0 Å². The standard InChI is InChI=1S/C18H24O2/c1-13-7-4-5-8-14(13)12-20-15-11-17(2)9-6-10-18(15,3)16(17)19/h4-5,7-8,15H,6,9-12H2,1-3H3. The van der Waals surface area contributed by atoms with Crippen LogP contribution >= 0.6 is 0 Å². The van der Waals surface area contributed by atoms with Crippen molar-refractivity contribution in [2.24, 2.45) is 10.8 Å². The van der Waals surface area contributed by atoms with E-state index in [9.17, 15) is 4.79 Å². The van der Waals surface area contributed by atoms with Gasteiger partial charge in [0.2, 0.25) is 0 Å². The van der Waals surface area contributed by atoms with E-state index in [4.69, 9.17) is 4.74 Å². The summed E-state index contributed by atoms with van der Waals surface area (Å²) in [6.45, 7) is 6.97. The predicted molar refractivity (Wildman–Crippen MR) is 79.4 cm³/mol. The number of benzene rings is 1. The Morgan fingerprint density at radius 2 is 2.00 bits per heavy atom. The SMILES string of the molecule is Cc1ccccc1COC1CC2(C)CCCC1(C)C2=O. The topological polar surface area (TPSA) is 26.3 Å². The van der Waals surface area contributed by atoms with E-state index in [0.29, 0.717) is 12.4 Å². The molecule has 2 heteroatoms. The Morgan fingerprint density at radius 3 is 2.70 bits per heavy atom. The fraction of sp³-hybridized carbons (Fsp3) is 0.611. The second kappa shape index (κ2) is 4.70. The van der Waals surface area contributed by atoms with Crippen molar-refractivity contribution in [1.82, 2.24) is 0 Å². The van der Waals surface area contributed by atoms with Crippen LogP contribution in [0.1, 0.15) is 50.7 Å². The third-order valence-corrected chi connectivity index (χ3v) is 5.54. The van der Waals surface area contributed by atoms with Gasteiger partial charge < -0.3 is 4.74 Å². The molecule has 0 saturated heterocycles. The summed E-state index contributed by atoms with van der Waals surface area (Å²) in [4.78, 5) is 12.6. The molecule has 0 heterocycles. The lowest BCUT2D eigenvalue weighted by Crippen LogP contribution is -2.40. The number of carbonyl (C=O) groups excluding carboxylic acids is 1. The third kappa shape index (κ3) is 2.01. The lowest BCUT2D eigenvalue weighted by Gasteiger charge is -2.34. The van der Waals surface area contributed by atoms with Gasteiger partial charge in [0.25, 0.3) is 0 Å². The Hall–Kier alpha value is -1.15. The minimum atomic E-state index is -0.254. The summed E-state index contributed by atoms with van der Waals surface area (Å²) >= 11 is 0. The highest BCUT2D eigenvalue weighted by atomic mass is 16.5. The number of hydrogen-bond acceptors (Lipinski definition) is 2. The van der Waals surface area contributed by atoms with Crippen LogP contribution in [0, 0.1) is 17.8 Å². The monoisotopic (exact) mass is 272 g/mol. The summed E-state index contributed by atoms with van der Waals surface area (Å²) in [5, 5.41) is 0. The van der Waals surface area contributed by atoms with Gasteiger partial charge >= 0.3 is 0 Å². The molecule has 108 valence electrons. The zero-order valence-electron chi connectivity index (χ0n) is 12.7. The summed E-state index contributed by atoms with van der Waals surface area (Å²) in [5.41, 5.74) is 2.10. The van der Waals surface area contributed by atoms with Crippen molar-refractivity contribution in [3.8, 4) is 0 Å². The molecule has 2 saturated carbocycles.